The van der Waals surface area contributed by atoms with Crippen LogP contribution in [0.1, 0.15) is 45.6 Å². The van der Waals surface area contributed by atoms with E-state index in [2.05, 4.69) is 12.2 Å². The largest absolute Gasteiger partial charge is 0.486 e. The predicted molar refractivity (Wildman–Crippen MR) is 106 cm³/mol. The first-order chi connectivity index (χ1) is 12.9. The lowest BCUT2D eigenvalue weighted by Gasteiger charge is -2.39. The summed E-state index contributed by atoms with van der Waals surface area (Å²) in [6, 6.07) is 6.15. The van der Waals surface area contributed by atoms with Gasteiger partial charge in [0.15, 0.2) is 0 Å². The number of piperidine rings is 1. The van der Waals surface area contributed by atoms with Crippen LogP contribution < -0.4 is 15.0 Å². The van der Waals surface area contributed by atoms with Crippen LogP contribution in [0.4, 0.5) is 10.5 Å². The third-order valence-electron chi connectivity index (χ3n) is 5.34. The van der Waals surface area contributed by atoms with Gasteiger partial charge in [0.1, 0.15) is 11.9 Å². The minimum atomic E-state index is -0.000870. The standard InChI is InChI=1S/C21H31N3O3/c1-5-17-13-24(18-12-15(4)6-7-19(18)27-17)21(26)23-10-8-16(9-11-23)20(25)22-14(2)3/h6-7,12,14,16-17H,5,8-11,13H2,1-4H3,(H,22,25)/t17-/m0/s1. The average Bonchev–Trinajstić information content (AvgIpc) is 2.66. The van der Waals surface area contributed by atoms with Gasteiger partial charge in [-0.2, -0.15) is 0 Å². The van der Waals surface area contributed by atoms with Crippen LogP contribution in [-0.4, -0.2) is 48.6 Å². The molecule has 0 aromatic heterocycles. The van der Waals surface area contributed by atoms with E-state index in [0.717, 1.165) is 23.4 Å². The second-order valence-corrected chi connectivity index (χ2v) is 7.94. The monoisotopic (exact) mass is 373 g/mol. The molecule has 0 aliphatic carbocycles. The summed E-state index contributed by atoms with van der Waals surface area (Å²) in [5, 5.41) is 2.98. The number of carbonyl (C=O) groups is 2. The van der Waals surface area contributed by atoms with Crippen molar-refractivity contribution < 1.29 is 14.3 Å². The van der Waals surface area contributed by atoms with Crippen LogP contribution in [0.3, 0.4) is 0 Å². The second-order valence-electron chi connectivity index (χ2n) is 7.94. The Kier molecular flexibility index (Phi) is 5.92. The number of likely N-dealkylation sites (tertiary alicyclic amines) is 1. The molecule has 1 N–H and O–H groups in total. The molecular formula is C21H31N3O3. The van der Waals surface area contributed by atoms with Gasteiger partial charge in [0.05, 0.1) is 12.2 Å². The topological polar surface area (TPSA) is 61.9 Å². The fourth-order valence-corrected chi connectivity index (χ4v) is 3.76. The van der Waals surface area contributed by atoms with E-state index in [1.165, 1.54) is 0 Å². The zero-order chi connectivity index (χ0) is 19.6. The van der Waals surface area contributed by atoms with Crippen molar-refractivity contribution in [1.29, 1.82) is 0 Å². The van der Waals surface area contributed by atoms with E-state index < -0.39 is 0 Å². The van der Waals surface area contributed by atoms with Crippen molar-refractivity contribution in [2.24, 2.45) is 5.92 Å². The highest BCUT2D eigenvalue weighted by atomic mass is 16.5. The summed E-state index contributed by atoms with van der Waals surface area (Å²) >= 11 is 0. The van der Waals surface area contributed by atoms with E-state index in [9.17, 15) is 9.59 Å². The molecule has 6 heteroatoms. The summed E-state index contributed by atoms with van der Waals surface area (Å²) in [5.74, 6) is 0.882. The highest BCUT2D eigenvalue weighted by molar-refractivity contribution is 5.94. The minimum Gasteiger partial charge on any atom is -0.486 e. The number of nitrogens with one attached hydrogen (secondary N) is 1. The van der Waals surface area contributed by atoms with E-state index in [0.29, 0.717) is 32.5 Å². The number of hydrogen-bond donors (Lipinski definition) is 1. The molecule has 1 atom stereocenters. The molecule has 0 radical (unpaired) electrons. The molecule has 1 fully saturated rings. The molecule has 1 aromatic carbocycles. The molecule has 6 nitrogen and oxygen atoms in total. The summed E-state index contributed by atoms with van der Waals surface area (Å²) in [4.78, 5) is 29.2. The predicted octanol–water partition coefficient (Wildman–Crippen LogP) is 3.33. The Bertz CT molecular complexity index is 696. The number of aryl methyl sites for hydroxylation is 1. The maximum atomic E-state index is 13.2. The highest BCUT2D eigenvalue weighted by Gasteiger charge is 2.34. The molecule has 2 aliphatic rings. The number of benzene rings is 1. The van der Waals surface area contributed by atoms with Crippen molar-refractivity contribution in [3.05, 3.63) is 23.8 Å². The molecule has 148 valence electrons. The molecule has 3 rings (SSSR count). The molecule has 1 saturated heterocycles. The Balaban J connectivity index is 1.69. The lowest BCUT2D eigenvalue weighted by Crippen LogP contribution is -2.52. The van der Waals surface area contributed by atoms with Crippen molar-refractivity contribution in [2.75, 3.05) is 24.5 Å². The number of nitrogens with zero attached hydrogens (tertiary/aromatic N) is 2. The second kappa shape index (κ2) is 8.19. The summed E-state index contributed by atoms with van der Waals surface area (Å²) in [7, 11) is 0. The Morgan fingerprint density at radius 1 is 1.26 bits per heavy atom. The van der Waals surface area contributed by atoms with Gasteiger partial charge in [-0.15, -0.1) is 0 Å². The molecule has 2 aliphatic heterocycles. The van der Waals surface area contributed by atoms with Gasteiger partial charge in [-0.1, -0.05) is 13.0 Å². The van der Waals surface area contributed by atoms with E-state index in [1.807, 2.05) is 48.8 Å². The highest BCUT2D eigenvalue weighted by Crippen LogP contribution is 2.36. The maximum absolute atomic E-state index is 13.2. The Hall–Kier alpha value is -2.24. The van der Waals surface area contributed by atoms with Crippen LogP contribution in [0.25, 0.3) is 0 Å². The van der Waals surface area contributed by atoms with E-state index in [-0.39, 0.29) is 30.0 Å². The summed E-state index contributed by atoms with van der Waals surface area (Å²) in [5.41, 5.74) is 1.96. The molecule has 0 saturated carbocycles. The molecule has 0 unspecified atom stereocenters. The summed E-state index contributed by atoms with van der Waals surface area (Å²) in [6.07, 6.45) is 2.30. The van der Waals surface area contributed by atoms with Crippen LogP contribution in [0, 0.1) is 12.8 Å². The van der Waals surface area contributed by atoms with Gasteiger partial charge in [0.2, 0.25) is 5.91 Å². The number of rotatable bonds is 3. The number of ether oxygens (including phenoxy) is 1. The number of hydrogen-bond acceptors (Lipinski definition) is 3. The van der Waals surface area contributed by atoms with Crippen molar-refractivity contribution in [3.8, 4) is 5.75 Å². The number of fused-ring (bicyclic) bond motifs is 1. The SMILES string of the molecule is CC[C@H]1CN(C(=O)N2CCC(C(=O)NC(C)C)CC2)c2cc(C)ccc2O1. The van der Waals surface area contributed by atoms with Crippen LogP contribution in [0.5, 0.6) is 5.75 Å². The average molecular weight is 373 g/mol. The molecule has 2 heterocycles. The van der Waals surface area contributed by atoms with Gasteiger partial charge >= 0.3 is 6.03 Å². The zero-order valence-electron chi connectivity index (χ0n) is 16.8. The maximum Gasteiger partial charge on any atom is 0.324 e. The quantitative estimate of drug-likeness (QED) is 0.884. The number of amides is 3. The van der Waals surface area contributed by atoms with Gasteiger partial charge in [-0.3, -0.25) is 9.69 Å². The normalized spacial score (nSPS) is 20.3. The van der Waals surface area contributed by atoms with E-state index in [1.54, 1.807) is 0 Å². The van der Waals surface area contributed by atoms with Crippen molar-refractivity contribution in [3.63, 3.8) is 0 Å². The van der Waals surface area contributed by atoms with Crippen LogP contribution in [0.2, 0.25) is 0 Å². The van der Waals surface area contributed by atoms with Gasteiger partial charge < -0.3 is 15.0 Å². The summed E-state index contributed by atoms with van der Waals surface area (Å²) in [6.45, 7) is 9.84. The van der Waals surface area contributed by atoms with Crippen molar-refractivity contribution >= 4 is 17.6 Å². The number of carbonyl (C=O) groups excluding carboxylic acids is 2. The van der Waals surface area contributed by atoms with Crippen molar-refractivity contribution in [1.82, 2.24) is 10.2 Å². The van der Waals surface area contributed by atoms with Crippen molar-refractivity contribution in [2.45, 2.75) is 59.1 Å². The van der Waals surface area contributed by atoms with E-state index >= 15 is 0 Å². The fourth-order valence-electron chi connectivity index (χ4n) is 3.76. The smallest absolute Gasteiger partial charge is 0.324 e. The Labute approximate surface area is 161 Å². The first-order valence-electron chi connectivity index (χ1n) is 10.0. The Morgan fingerprint density at radius 2 is 1.96 bits per heavy atom. The fraction of sp³-hybridized carbons (Fsp3) is 0.619. The molecule has 27 heavy (non-hydrogen) atoms. The van der Waals surface area contributed by atoms with Crippen LogP contribution in [-0.2, 0) is 4.79 Å². The molecule has 3 amide bonds. The number of urea groups is 1. The first kappa shape index (κ1) is 19.5. The summed E-state index contributed by atoms with van der Waals surface area (Å²) < 4.78 is 6.02. The van der Waals surface area contributed by atoms with E-state index in [4.69, 9.17) is 4.74 Å². The third kappa shape index (κ3) is 4.37. The van der Waals surface area contributed by atoms with Gasteiger partial charge in [0, 0.05) is 25.0 Å². The van der Waals surface area contributed by atoms with Gasteiger partial charge in [-0.25, -0.2) is 4.79 Å². The zero-order valence-corrected chi connectivity index (χ0v) is 16.8. The molecule has 1 aromatic rings. The minimum absolute atomic E-state index is 0.000870. The molecular weight excluding hydrogens is 342 g/mol. The molecule has 0 bridgehead atoms. The lowest BCUT2D eigenvalue weighted by atomic mass is 9.95. The molecule has 0 spiro atoms. The first-order valence-corrected chi connectivity index (χ1v) is 10.0. The third-order valence-corrected chi connectivity index (χ3v) is 5.34. The Morgan fingerprint density at radius 3 is 2.59 bits per heavy atom. The van der Waals surface area contributed by atoms with Gasteiger partial charge in [-0.05, 0) is 57.7 Å². The van der Waals surface area contributed by atoms with Crippen LogP contribution >= 0.6 is 0 Å². The van der Waals surface area contributed by atoms with Crippen LogP contribution in [0.15, 0.2) is 18.2 Å². The number of anilines is 1. The lowest BCUT2D eigenvalue weighted by molar-refractivity contribution is -0.126. The van der Waals surface area contributed by atoms with Gasteiger partial charge in [0.25, 0.3) is 0 Å².